The van der Waals surface area contributed by atoms with Crippen LogP contribution < -0.4 is 5.32 Å². The number of ether oxygens (including phenoxy) is 1. The van der Waals surface area contributed by atoms with Crippen LogP contribution in [0, 0.1) is 5.92 Å². The summed E-state index contributed by atoms with van der Waals surface area (Å²) in [4.78, 5) is 26.9. The van der Waals surface area contributed by atoms with E-state index in [9.17, 15) is 9.59 Å². The number of aliphatic carboxylic acids is 1. The standard InChI is InChI=1S/C13H26N2O7/c1-3-10(2)11(12(16)17)14-13(18)21-8-6-4-5-7-9-22-15(19)20/h10-11,19-20H,3-9H2,1-2H3,(H,14,18)(H,16,17). The molecule has 4 N–H and O–H groups in total. The quantitative estimate of drug-likeness (QED) is 0.316. The summed E-state index contributed by atoms with van der Waals surface area (Å²) in [5, 5.41) is 27.6. The third-order valence-electron chi connectivity index (χ3n) is 3.23. The molecular formula is C13H26N2O7. The molecule has 0 saturated carbocycles. The molecule has 22 heavy (non-hydrogen) atoms. The maximum absolute atomic E-state index is 11.5. The Bertz CT molecular complexity index is 326. The highest BCUT2D eigenvalue weighted by Gasteiger charge is 2.25. The minimum Gasteiger partial charge on any atom is -0.480 e. The van der Waals surface area contributed by atoms with Crippen molar-refractivity contribution in [3.63, 3.8) is 0 Å². The Morgan fingerprint density at radius 1 is 1.14 bits per heavy atom. The smallest absolute Gasteiger partial charge is 0.407 e. The average molecular weight is 322 g/mol. The van der Waals surface area contributed by atoms with Gasteiger partial charge in [0.2, 0.25) is 0 Å². The number of hydrogen-bond acceptors (Lipinski definition) is 7. The van der Waals surface area contributed by atoms with Crippen molar-refractivity contribution in [3.05, 3.63) is 0 Å². The van der Waals surface area contributed by atoms with E-state index in [1.807, 2.05) is 6.92 Å². The van der Waals surface area contributed by atoms with E-state index in [1.165, 1.54) is 0 Å². The first kappa shape index (κ1) is 20.6. The number of alkyl carbamates (subject to hydrolysis) is 1. The Balaban J connectivity index is 3.70. The van der Waals surface area contributed by atoms with Gasteiger partial charge in [-0.05, 0) is 25.2 Å². The van der Waals surface area contributed by atoms with Crippen LogP contribution in [-0.2, 0) is 14.4 Å². The minimum absolute atomic E-state index is 0.178. The number of nitrogens with one attached hydrogen (secondary N) is 1. The summed E-state index contributed by atoms with van der Waals surface area (Å²) in [6, 6.07) is -0.949. The van der Waals surface area contributed by atoms with E-state index in [2.05, 4.69) is 10.2 Å². The number of hydrogen-bond donors (Lipinski definition) is 4. The molecule has 0 saturated heterocycles. The molecule has 0 aromatic rings. The zero-order valence-corrected chi connectivity index (χ0v) is 13.0. The summed E-state index contributed by atoms with van der Waals surface area (Å²) in [5.41, 5.74) is 0. The lowest BCUT2D eigenvalue weighted by Crippen LogP contribution is -2.45. The van der Waals surface area contributed by atoms with Gasteiger partial charge in [0.05, 0.1) is 18.6 Å². The molecule has 9 heteroatoms. The van der Waals surface area contributed by atoms with Gasteiger partial charge in [0.15, 0.2) is 0 Å². The summed E-state index contributed by atoms with van der Waals surface area (Å²) < 4.78 is 4.93. The minimum atomic E-state index is -1.08. The van der Waals surface area contributed by atoms with Crippen molar-refractivity contribution in [2.24, 2.45) is 5.92 Å². The Labute approximate surface area is 129 Å². The van der Waals surface area contributed by atoms with Gasteiger partial charge in [-0.15, -0.1) is 0 Å². The summed E-state index contributed by atoms with van der Waals surface area (Å²) >= 11 is 0. The molecule has 0 radical (unpaired) electrons. The molecule has 2 atom stereocenters. The first-order valence-electron chi connectivity index (χ1n) is 7.35. The van der Waals surface area contributed by atoms with Crippen molar-refractivity contribution in [1.82, 2.24) is 10.7 Å². The molecule has 0 aliphatic carbocycles. The third-order valence-corrected chi connectivity index (χ3v) is 3.23. The highest BCUT2D eigenvalue weighted by molar-refractivity contribution is 5.80. The number of rotatable bonds is 12. The molecule has 0 bridgehead atoms. The van der Waals surface area contributed by atoms with Gasteiger partial charge in [0.1, 0.15) is 6.04 Å². The number of carbonyl (C=O) groups excluding carboxylic acids is 1. The van der Waals surface area contributed by atoms with Crippen molar-refractivity contribution in [3.8, 4) is 0 Å². The predicted octanol–water partition coefficient (Wildman–Crippen LogP) is 1.78. The Morgan fingerprint density at radius 2 is 1.73 bits per heavy atom. The lowest BCUT2D eigenvalue weighted by molar-refractivity contribution is -0.492. The van der Waals surface area contributed by atoms with Gasteiger partial charge < -0.3 is 15.2 Å². The third kappa shape index (κ3) is 10.3. The van der Waals surface area contributed by atoms with Gasteiger partial charge in [0.25, 0.3) is 0 Å². The number of carboxylic acid groups (broad SMARTS) is 1. The lowest BCUT2D eigenvalue weighted by atomic mass is 10.00. The average Bonchev–Trinajstić information content (AvgIpc) is 2.46. The summed E-state index contributed by atoms with van der Waals surface area (Å²) in [6.45, 7) is 3.99. The Morgan fingerprint density at radius 3 is 2.23 bits per heavy atom. The van der Waals surface area contributed by atoms with Gasteiger partial charge in [-0.1, -0.05) is 26.7 Å². The molecule has 0 rings (SSSR count). The normalized spacial score (nSPS) is 13.7. The summed E-state index contributed by atoms with van der Waals surface area (Å²) in [7, 11) is 0. The number of unbranched alkanes of at least 4 members (excludes halogenated alkanes) is 3. The fourth-order valence-electron chi connectivity index (χ4n) is 1.72. The molecule has 0 aliphatic rings. The second-order valence-electron chi connectivity index (χ2n) is 4.98. The van der Waals surface area contributed by atoms with Crippen LogP contribution in [0.3, 0.4) is 0 Å². The van der Waals surface area contributed by atoms with Gasteiger partial charge in [-0.3, -0.25) is 15.3 Å². The molecule has 0 aliphatic heterocycles. The fraction of sp³-hybridized carbons (Fsp3) is 0.846. The van der Waals surface area contributed by atoms with Gasteiger partial charge in [-0.2, -0.15) is 0 Å². The van der Waals surface area contributed by atoms with Crippen molar-refractivity contribution in [2.75, 3.05) is 13.2 Å². The van der Waals surface area contributed by atoms with Crippen molar-refractivity contribution in [1.29, 1.82) is 0 Å². The molecule has 2 unspecified atom stereocenters. The first-order chi connectivity index (χ1) is 10.4. The number of nitrogens with zero attached hydrogens (tertiary/aromatic N) is 1. The molecular weight excluding hydrogens is 296 g/mol. The largest absolute Gasteiger partial charge is 0.480 e. The van der Waals surface area contributed by atoms with Crippen LogP contribution in [0.25, 0.3) is 0 Å². The number of carbonyl (C=O) groups is 2. The molecule has 0 fully saturated rings. The topological polar surface area (TPSA) is 129 Å². The van der Waals surface area contributed by atoms with Crippen molar-refractivity contribution >= 4 is 12.1 Å². The van der Waals surface area contributed by atoms with Crippen LogP contribution in [0.4, 0.5) is 4.79 Å². The van der Waals surface area contributed by atoms with Crippen LogP contribution >= 0.6 is 0 Å². The van der Waals surface area contributed by atoms with E-state index in [0.717, 1.165) is 12.8 Å². The lowest BCUT2D eigenvalue weighted by Gasteiger charge is -2.19. The zero-order chi connectivity index (χ0) is 17.0. The van der Waals surface area contributed by atoms with E-state index in [0.29, 0.717) is 19.3 Å². The Kier molecular flexibility index (Phi) is 11.4. The van der Waals surface area contributed by atoms with Crippen LogP contribution in [0.2, 0.25) is 0 Å². The second kappa shape index (κ2) is 12.2. The van der Waals surface area contributed by atoms with Crippen molar-refractivity contribution < 1.29 is 34.7 Å². The SMILES string of the molecule is CCC(C)C(NC(=O)OCCCCCCON(O)O)C(=O)O. The molecule has 0 heterocycles. The predicted molar refractivity (Wildman–Crippen MR) is 75.2 cm³/mol. The summed E-state index contributed by atoms with van der Waals surface area (Å²) in [5.74, 6) is -1.25. The van der Waals surface area contributed by atoms with Gasteiger partial charge >= 0.3 is 12.1 Å². The molecule has 1 amide bonds. The highest BCUT2D eigenvalue weighted by Crippen LogP contribution is 2.08. The van der Waals surface area contributed by atoms with E-state index < -0.39 is 18.1 Å². The molecule has 0 aromatic heterocycles. The highest BCUT2D eigenvalue weighted by atomic mass is 17.1. The first-order valence-corrected chi connectivity index (χ1v) is 7.35. The van der Waals surface area contributed by atoms with Gasteiger partial charge in [-0.25, -0.2) is 9.59 Å². The van der Waals surface area contributed by atoms with Crippen LogP contribution in [0.5, 0.6) is 0 Å². The number of carboxylic acids is 1. The number of amides is 1. The van der Waals surface area contributed by atoms with E-state index >= 15 is 0 Å². The maximum atomic E-state index is 11.5. The molecule has 0 aromatic carbocycles. The van der Waals surface area contributed by atoms with E-state index in [4.69, 9.17) is 20.3 Å². The molecule has 9 nitrogen and oxygen atoms in total. The molecule has 130 valence electrons. The zero-order valence-electron chi connectivity index (χ0n) is 13.0. The fourth-order valence-corrected chi connectivity index (χ4v) is 1.72. The van der Waals surface area contributed by atoms with E-state index in [1.54, 1.807) is 6.92 Å². The maximum Gasteiger partial charge on any atom is 0.407 e. The second-order valence-corrected chi connectivity index (χ2v) is 4.98. The monoisotopic (exact) mass is 322 g/mol. The Hall–Kier alpha value is -1.42. The summed E-state index contributed by atoms with van der Waals surface area (Å²) in [6.07, 6.45) is 2.74. The molecule has 0 spiro atoms. The van der Waals surface area contributed by atoms with E-state index in [-0.39, 0.29) is 24.5 Å². The van der Waals surface area contributed by atoms with Gasteiger partial charge in [0, 0.05) is 0 Å². The van der Waals surface area contributed by atoms with Crippen LogP contribution in [0.15, 0.2) is 0 Å². The van der Waals surface area contributed by atoms with Crippen LogP contribution in [-0.4, -0.2) is 52.2 Å². The van der Waals surface area contributed by atoms with Crippen LogP contribution in [0.1, 0.15) is 46.0 Å². The van der Waals surface area contributed by atoms with Crippen molar-refractivity contribution in [2.45, 2.75) is 52.0 Å².